The number of esters is 1. The van der Waals surface area contributed by atoms with Crippen molar-refractivity contribution in [1.82, 2.24) is 9.62 Å². The molecule has 0 unspecified atom stereocenters. The Morgan fingerprint density at radius 2 is 1.74 bits per heavy atom. The Kier molecular flexibility index (Phi) is 6.70. The van der Waals surface area contributed by atoms with Crippen LogP contribution in [-0.4, -0.2) is 45.4 Å². The van der Waals surface area contributed by atoms with Gasteiger partial charge in [0.15, 0.2) is 6.10 Å². The van der Waals surface area contributed by atoms with Crippen molar-refractivity contribution in [2.24, 2.45) is 0 Å². The Hall–Kier alpha value is -2.71. The highest BCUT2D eigenvalue weighted by Crippen LogP contribution is 2.14. The number of sulfonamides is 1. The van der Waals surface area contributed by atoms with E-state index in [1.165, 1.54) is 36.1 Å². The summed E-state index contributed by atoms with van der Waals surface area (Å²) in [6.45, 7) is 1.59. The van der Waals surface area contributed by atoms with E-state index in [2.05, 4.69) is 4.72 Å². The first kappa shape index (κ1) is 20.6. The van der Waals surface area contributed by atoms with E-state index in [0.717, 1.165) is 5.56 Å². The van der Waals surface area contributed by atoms with Gasteiger partial charge in [0.25, 0.3) is 5.91 Å². The third-order valence-corrected chi connectivity index (χ3v) is 5.16. The molecule has 0 aromatic heterocycles. The zero-order valence-corrected chi connectivity index (χ0v) is 16.2. The number of hydrogen-bond donors (Lipinski definition) is 1. The number of rotatable bonds is 7. The van der Waals surface area contributed by atoms with E-state index in [9.17, 15) is 18.0 Å². The lowest BCUT2D eigenvalue weighted by Crippen LogP contribution is -2.35. The molecular formula is C19H22N2O5S. The van der Waals surface area contributed by atoms with E-state index in [-0.39, 0.29) is 22.9 Å². The number of nitrogens with one attached hydrogen (secondary N) is 1. The minimum absolute atomic E-state index is 0.0518. The number of ether oxygens (including phenoxy) is 1. The van der Waals surface area contributed by atoms with Gasteiger partial charge >= 0.3 is 5.97 Å². The van der Waals surface area contributed by atoms with Crippen LogP contribution in [0.25, 0.3) is 0 Å². The molecule has 0 aliphatic rings. The molecule has 7 nitrogen and oxygen atoms in total. The highest BCUT2D eigenvalue weighted by Gasteiger charge is 2.22. The smallest absolute Gasteiger partial charge is 0.338 e. The fourth-order valence-corrected chi connectivity index (χ4v) is 3.35. The molecule has 0 aliphatic heterocycles. The van der Waals surface area contributed by atoms with Crippen molar-refractivity contribution in [2.75, 3.05) is 14.1 Å². The van der Waals surface area contributed by atoms with Gasteiger partial charge in [0.1, 0.15) is 0 Å². The maximum atomic E-state index is 12.5. The number of likely N-dealkylation sites (N-methyl/N-ethyl adjacent to an activating group) is 1. The van der Waals surface area contributed by atoms with Crippen molar-refractivity contribution in [2.45, 2.75) is 24.5 Å². The van der Waals surface area contributed by atoms with Crippen LogP contribution in [0.5, 0.6) is 0 Å². The normalized spacial score (nSPS) is 12.3. The number of nitrogens with zero attached hydrogens (tertiary/aromatic N) is 1. The van der Waals surface area contributed by atoms with Gasteiger partial charge in [-0.3, -0.25) is 4.79 Å². The van der Waals surface area contributed by atoms with Gasteiger partial charge in [-0.2, -0.15) is 0 Å². The van der Waals surface area contributed by atoms with Gasteiger partial charge in [-0.1, -0.05) is 36.4 Å². The summed E-state index contributed by atoms with van der Waals surface area (Å²) >= 11 is 0. The monoisotopic (exact) mass is 390 g/mol. The second kappa shape index (κ2) is 8.79. The summed E-state index contributed by atoms with van der Waals surface area (Å²) in [7, 11) is -0.698. The maximum absolute atomic E-state index is 12.5. The largest absolute Gasteiger partial charge is 0.449 e. The van der Waals surface area contributed by atoms with Crippen LogP contribution in [0.15, 0.2) is 59.5 Å². The summed E-state index contributed by atoms with van der Waals surface area (Å²) in [6.07, 6.45) is -0.969. The number of amides is 1. The molecule has 144 valence electrons. The van der Waals surface area contributed by atoms with Crippen molar-refractivity contribution in [3.8, 4) is 0 Å². The standard InChI is InChI=1S/C19H22N2O5S/c1-14(18(22)21(2)3)26-19(23)16-10-7-11-17(12-16)27(24,25)20-13-15-8-5-4-6-9-15/h4-12,14,20H,13H2,1-3H3/t14-/m0/s1. The molecule has 2 aromatic rings. The lowest BCUT2D eigenvalue weighted by atomic mass is 10.2. The molecule has 27 heavy (non-hydrogen) atoms. The maximum Gasteiger partial charge on any atom is 0.338 e. The molecule has 1 N–H and O–H groups in total. The van der Waals surface area contributed by atoms with E-state index in [1.807, 2.05) is 18.2 Å². The van der Waals surface area contributed by atoms with Crippen molar-refractivity contribution >= 4 is 21.9 Å². The van der Waals surface area contributed by atoms with Crippen LogP contribution in [0.2, 0.25) is 0 Å². The van der Waals surface area contributed by atoms with Gasteiger partial charge in [0.05, 0.1) is 10.5 Å². The Balaban J connectivity index is 2.11. The zero-order chi connectivity index (χ0) is 20.0. The molecule has 0 saturated heterocycles. The van der Waals surface area contributed by atoms with Crippen LogP contribution < -0.4 is 4.72 Å². The quantitative estimate of drug-likeness (QED) is 0.728. The molecule has 1 amide bonds. The second-order valence-corrected chi connectivity index (χ2v) is 7.89. The topological polar surface area (TPSA) is 92.8 Å². The van der Waals surface area contributed by atoms with Gasteiger partial charge in [0.2, 0.25) is 10.0 Å². The van der Waals surface area contributed by atoms with E-state index in [0.29, 0.717) is 0 Å². The Labute approximate surface area is 159 Å². The Morgan fingerprint density at radius 1 is 1.07 bits per heavy atom. The first-order chi connectivity index (χ1) is 12.7. The summed E-state index contributed by atoms with van der Waals surface area (Å²) in [4.78, 5) is 25.3. The van der Waals surface area contributed by atoms with Crippen molar-refractivity contribution < 1.29 is 22.7 Å². The van der Waals surface area contributed by atoms with Crippen LogP contribution in [0.4, 0.5) is 0 Å². The lowest BCUT2D eigenvalue weighted by Gasteiger charge is -2.17. The molecule has 0 bridgehead atoms. The molecule has 0 aliphatic carbocycles. The fourth-order valence-electron chi connectivity index (χ4n) is 2.29. The molecular weight excluding hydrogens is 368 g/mol. The molecule has 2 aromatic carbocycles. The molecule has 1 atom stereocenters. The molecule has 0 radical (unpaired) electrons. The molecule has 0 spiro atoms. The number of benzene rings is 2. The van der Waals surface area contributed by atoms with Gasteiger partial charge in [0, 0.05) is 20.6 Å². The van der Waals surface area contributed by atoms with Crippen LogP contribution in [0, 0.1) is 0 Å². The first-order valence-corrected chi connectivity index (χ1v) is 9.75. The third kappa shape index (κ3) is 5.63. The molecule has 2 rings (SSSR count). The van der Waals surface area contributed by atoms with Crippen LogP contribution in [0.1, 0.15) is 22.8 Å². The summed E-state index contributed by atoms with van der Waals surface area (Å²) in [5.74, 6) is -1.13. The summed E-state index contributed by atoms with van der Waals surface area (Å²) in [5, 5.41) is 0. The van der Waals surface area contributed by atoms with Gasteiger partial charge < -0.3 is 9.64 Å². The summed E-state index contributed by atoms with van der Waals surface area (Å²) in [6, 6.07) is 14.6. The molecule has 0 heterocycles. The third-order valence-electron chi connectivity index (χ3n) is 3.76. The Bertz CT molecular complexity index is 911. The number of carbonyl (C=O) groups is 2. The average Bonchev–Trinajstić information content (AvgIpc) is 2.66. The highest BCUT2D eigenvalue weighted by molar-refractivity contribution is 7.89. The first-order valence-electron chi connectivity index (χ1n) is 8.26. The number of hydrogen-bond acceptors (Lipinski definition) is 5. The average molecular weight is 390 g/mol. The minimum atomic E-state index is -3.81. The van der Waals surface area contributed by atoms with Crippen molar-refractivity contribution in [1.29, 1.82) is 0 Å². The predicted molar refractivity (Wildman–Crippen MR) is 100 cm³/mol. The summed E-state index contributed by atoms with van der Waals surface area (Å²) in [5.41, 5.74) is 0.864. The van der Waals surface area contributed by atoms with Crippen molar-refractivity contribution in [3.63, 3.8) is 0 Å². The summed E-state index contributed by atoms with van der Waals surface area (Å²) < 4.78 is 32.6. The SMILES string of the molecule is C[C@H](OC(=O)c1cccc(S(=O)(=O)NCc2ccccc2)c1)C(=O)N(C)C. The lowest BCUT2D eigenvalue weighted by molar-refractivity contribution is -0.137. The van der Waals surface area contributed by atoms with Crippen LogP contribution in [-0.2, 0) is 26.1 Å². The van der Waals surface area contributed by atoms with Gasteiger partial charge in [-0.15, -0.1) is 0 Å². The van der Waals surface area contributed by atoms with Crippen molar-refractivity contribution in [3.05, 3.63) is 65.7 Å². The van der Waals surface area contributed by atoms with E-state index in [1.54, 1.807) is 26.2 Å². The van der Waals surface area contributed by atoms with E-state index < -0.39 is 22.1 Å². The minimum Gasteiger partial charge on any atom is -0.449 e. The van der Waals surface area contributed by atoms with E-state index in [4.69, 9.17) is 4.74 Å². The van der Waals surface area contributed by atoms with Crippen LogP contribution in [0.3, 0.4) is 0 Å². The zero-order valence-electron chi connectivity index (χ0n) is 15.4. The van der Waals surface area contributed by atoms with E-state index >= 15 is 0 Å². The fraction of sp³-hybridized carbons (Fsp3) is 0.263. The molecule has 0 saturated carbocycles. The Morgan fingerprint density at radius 3 is 2.37 bits per heavy atom. The number of carbonyl (C=O) groups excluding carboxylic acids is 2. The van der Waals surface area contributed by atoms with Gasteiger partial charge in [-0.05, 0) is 30.7 Å². The van der Waals surface area contributed by atoms with Crippen LogP contribution >= 0.6 is 0 Å². The van der Waals surface area contributed by atoms with Gasteiger partial charge in [-0.25, -0.2) is 17.9 Å². The molecule has 8 heteroatoms. The second-order valence-electron chi connectivity index (χ2n) is 6.12. The predicted octanol–water partition coefficient (Wildman–Crippen LogP) is 1.80. The highest BCUT2D eigenvalue weighted by atomic mass is 32.2. The molecule has 0 fully saturated rings.